The third-order valence-corrected chi connectivity index (χ3v) is 1.35. The van der Waals surface area contributed by atoms with E-state index < -0.39 is 0 Å². The smallest absolute Gasteiger partial charge is 0.233 e. The van der Waals surface area contributed by atoms with Crippen molar-refractivity contribution >= 4 is 21.8 Å². The molecule has 1 atom stereocenters. The molecule has 0 bridgehead atoms. The highest BCUT2D eigenvalue weighted by Gasteiger charge is 2.05. The second kappa shape index (κ2) is 5.31. The molecule has 0 saturated heterocycles. The lowest BCUT2D eigenvalue weighted by Gasteiger charge is -2.02. The molecular formula is C7H10BrNO. The van der Waals surface area contributed by atoms with Crippen LogP contribution in [-0.2, 0) is 4.79 Å². The Kier molecular flexibility index (Phi) is 5.05. The first-order chi connectivity index (χ1) is 4.68. The van der Waals surface area contributed by atoms with Gasteiger partial charge in [0.15, 0.2) is 0 Å². The van der Waals surface area contributed by atoms with Gasteiger partial charge in [0, 0.05) is 13.0 Å². The Morgan fingerprint density at radius 2 is 2.50 bits per heavy atom. The second-order valence-electron chi connectivity index (χ2n) is 1.86. The molecule has 10 heavy (non-hydrogen) atoms. The van der Waals surface area contributed by atoms with Crippen molar-refractivity contribution in [1.29, 1.82) is 0 Å². The summed E-state index contributed by atoms with van der Waals surface area (Å²) in [7, 11) is 0. The SMILES string of the molecule is C#CCCNC(=O)C(C)Br. The fourth-order valence-corrected chi connectivity index (χ4v) is 0.560. The lowest BCUT2D eigenvalue weighted by Crippen LogP contribution is -2.29. The van der Waals surface area contributed by atoms with E-state index in [1.807, 2.05) is 0 Å². The minimum Gasteiger partial charge on any atom is -0.354 e. The van der Waals surface area contributed by atoms with Crippen LogP contribution < -0.4 is 5.32 Å². The summed E-state index contributed by atoms with van der Waals surface area (Å²) < 4.78 is 0. The standard InChI is InChI=1S/C7H10BrNO/c1-3-4-5-9-7(10)6(2)8/h1,6H,4-5H2,2H3,(H,9,10). The van der Waals surface area contributed by atoms with E-state index in [2.05, 4.69) is 27.2 Å². The van der Waals surface area contributed by atoms with E-state index in [4.69, 9.17) is 6.42 Å². The first-order valence-corrected chi connectivity index (χ1v) is 3.95. The number of hydrogen-bond donors (Lipinski definition) is 1. The summed E-state index contributed by atoms with van der Waals surface area (Å²) >= 11 is 3.13. The molecule has 56 valence electrons. The number of alkyl halides is 1. The molecule has 1 N–H and O–H groups in total. The average molecular weight is 204 g/mol. The fraction of sp³-hybridized carbons (Fsp3) is 0.571. The van der Waals surface area contributed by atoms with Crippen molar-refractivity contribution in [2.75, 3.05) is 6.54 Å². The highest BCUT2D eigenvalue weighted by molar-refractivity contribution is 9.10. The number of halogens is 1. The van der Waals surface area contributed by atoms with E-state index in [9.17, 15) is 4.79 Å². The summed E-state index contributed by atoms with van der Waals surface area (Å²) in [5.74, 6) is 2.41. The predicted octanol–water partition coefficient (Wildman–Crippen LogP) is 0.909. The molecule has 0 aromatic carbocycles. The lowest BCUT2D eigenvalue weighted by atomic mass is 10.4. The van der Waals surface area contributed by atoms with Crippen molar-refractivity contribution in [3.05, 3.63) is 0 Å². The maximum Gasteiger partial charge on any atom is 0.233 e. The zero-order valence-corrected chi connectivity index (χ0v) is 7.44. The van der Waals surface area contributed by atoms with Gasteiger partial charge in [-0.15, -0.1) is 12.3 Å². The van der Waals surface area contributed by atoms with Crippen LogP contribution in [0.5, 0.6) is 0 Å². The maximum absolute atomic E-state index is 10.8. The van der Waals surface area contributed by atoms with Crippen LogP contribution in [0.25, 0.3) is 0 Å². The van der Waals surface area contributed by atoms with Gasteiger partial charge in [-0.2, -0.15) is 0 Å². The number of rotatable bonds is 3. The minimum absolute atomic E-state index is 0.0183. The highest BCUT2D eigenvalue weighted by atomic mass is 79.9. The Hall–Kier alpha value is -0.490. The van der Waals surface area contributed by atoms with Crippen LogP contribution in [0.3, 0.4) is 0 Å². The highest BCUT2D eigenvalue weighted by Crippen LogP contribution is 1.95. The van der Waals surface area contributed by atoms with Gasteiger partial charge in [-0.05, 0) is 6.92 Å². The zero-order chi connectivity index (χ0) is 7.98. The molecule has 2 nitrogen and oxygen atoms in total. The molecule has 0 aliphatic heterocycles. The number of hydrogen-bond acceptors (Lipinski definition) is 1. The van der Waals surface area contributed by atoms with Gasteiger partial charge in [0.2, 0.25) is 5.91 Å². The van der Waals surface area contributed by atoms with Crippen molar-refractivity contribution in [3.63, 3.8) is 0 Å². The molecule has 1 unspecified atom stereocenters. The van der Waals surface area contributed by atoms with E-state index in [0.717, 1.165) is 0 Å². The molecule has 0 spiro atoms. The lowest BCUT2D eigenvalue weighted by molar-refractivity contribution is -0.120. The third kappa shape index (κ3) is 4.39. The van der Waals surface area contributed by atoms with Crippen LogP contribution in [0.4, 0.5) is 0 Å². The summed E-state index contributed by atoms with van der Waals surface area (Å²) in [5, 5.41) is 2.65. The first kappa shape index (κ1) is 9.51. The van der Waals surface area contributed by atoms with Crippen LogP contribution in [0.1, 0.15) is 13.3 Å². The quantitative estimate of drug-likeness (QED) is 0.413. The normalized spacial score (nSPS) is 11.7. The molecule has 0 aromatic rings. The minimum atomic E-state index is -0.134. The van der Waals surface area contributed by atoms with Gasteiger partial charge in [-0.1, -0.05) is 15.9 Å². The van der Waals surface area contributed by atoms with Gasteiger partial charge < -0.3 is 5.32 Å². The van der Waals surface area contributed by atoms with Crippen LogP contribution in [0, 0.1) is 12.3 Å². The number of nitrogens with one attached hydrogen (secondary N) is 1. The van der Waals surface area contributed by atoms with Gasteiger partial charge in [-0.25, -0.2) is 0 Å². The number of terminal acetylenes is 1. The third-order valence-electron chi connectivity index (χ3n) is 0.930. The van der Waals surface area contributed by atoms with Crippen molar-refractivity contribution in [2.24, 2.45) is 0 Å². The molecule has 0 radical (unpaired) electrons. The Labute approximate surface area is 69.5 Å². The molecule has 0 rings (SSSR count). The van der Waals surface area contributed by atoms with E-state index >= 15 is 0 Å². The molecule has 0 fully saturated rings. The second-order valence-corrected chi connectivity index (χ2v) is 3.23. The van der Waals surface area contributed by atoms with Crippen LogP contribution in [0.2, 0.25) is 0 Å². The van der Waals surface area contributed by atoms with Crippen LogP contribution in [0.15, 0.2) is 0 Å². The predicted molar refractivity (Wildman–Crippen MR) is 44.8 cm³/mol. The molecule has 1 amide bonds. The Balaban J connectivity index is 3.33. The van der Waals surface area contributed by atoms with E-state index in [-0.39, 0.29) is 10.7 Å². The van der Waals surface area contributed by atoms with Crippen molar-refractivity contribution in [3.8, 4) is 12.3 Å². The Morgan fingerprint density at radius 3 is 2.90 bits per heavy atom. The van der Waals surface area contributed by atoms with Crippen molar-refractivity contribution in [2.45, 2.75) is 18.2 Å². The molecule has 0 heterocycles. The van der Waals surface area contributed by atoms with Gasteiger partial charge in [-0.3, -0.25) is 4.79 Å². The van der Waals surface area contributed by atoms with Crippen molar-refractivity contribution in [1.82, 2.24) is 5.32 Å². The molecule has 0 aromatic heterocycles. The summed E-state index contributed by atoms with van der Waals surface area (Å²) in [6, 6.07) is 0. The van der Waals surface area contributed by atoms with E-state index in [1.165, 1.54) is 0 Å². The van der Waals surface area contributed by atoms with Crippen molar-refractivity contribution < 1.29 is 4.79 Å². The zero-order valence-electron chi connectivity index (χ0n) is 5.86. The Bertz CT molecular complexity index is 148. The summed E-state index contributed by atoms with van der Waals surface area (Å²) in [4.78, 5) is 10.7. The summed E-state index contributed by atoms with van der Waals surface area (Å²) in [6.45, 7) is 2.33. The van der Waals surface area contributed by atoms with Gasteiger partial charge in [0.05, 0.1) is 4.83 Å². The average Bonchev–Trinajstić information content (AvgIpc) is 1.88. The monoisotopic (exact) mass is 203 g/mol. The number of carbonyl (C=O) groups is 1. The van der Waals surface area contributed by atoms with Gasteiger partial charge in [0.25, 0.3) is 0 Å². The number of amides is 1. The first-order valence-electron chi connectivity index (χ1n) is 3.03. The Morgan fingerprint density at radius 1 is 1.90 bits per heavy atom. The molecular weight excluding hydrogens is 194 g/mol. The van der Waals surface area contributed by atoms with E-state index in [0.29, 0.717) is 13.0 Å². The molecule has 0 aliphatic carbocycles. The largest absolute Gasteiger partial charge is 0.354 e. The maximum atomic E-state index is 10.8. The topological polar surface area (TPSA) is 29.1 Å². The van der Waals surface area contributed by atoms with Crippen LogP contribution >= 0.6 is 15.9 Å². The van der Waals surface area contributed by atoms with Crippen LogP contribution in [-0.4, -0.2) is 17.3 Å². The molecule has 3 heteroatoms. The molecule has 0 saturated carbocycles. The summed E-state index contributed by atoms with van der Waals surface area (Å²) in [6.07, 6.45) is 5.57. The fourth-order valence-electron chi connectivity index (χ4n) is 0.399. The van der Waals surface area contributed by atoms with E-state index in [1.54, 1.807) is 6.92 Å². The van der Waals surface area contributed by atoms with Gasteiger partial charge >= 0.3 is 0 Å². The van der Waals surface area contributed by atoms with Gasteiger partial charge in [0.1, 0.15) is 0 Å². The summed E-state index contributed by atoms with van der Waals surface area (Å²) in [5.41, 5.74) is 0. The number of carbonyl (C=O) groups excluding carboxylic acids is 1. The molecule has 0 aliphatic rings.